The molecule has 1 saturated heterocycles. The zero-order valence-corrected chi connectivity index (χ0v) is 28.0. The van der Waals surface area contributed by atoms with Gasteiger partial charge in [-0.25, -0.2) is 0 Å². The average Bonchev–Trinajstić information content (AvgIpc) is 3.55. The van der Waals surface area contributed by atoms with Gasteiger partial charge in [-0.05, 0) is 54.7 Å². The van der Waals surface area contributed by atoms with Gasteiger partial charge in [0.2, 0.25) is 29.5 Å². The van der Waals surface area contributed by atoms with Crippen molar-refractivity contribution in [1.29, 1.82) is 0 Å². The zero-order chi connectivity index (χ0) is 33.9. The lowest BCUT2D eigenvalue weighted by molar-refractivity contribution is -0.142. The van der Waals surface area contributed by atoms with Gasteiger partial charge < -0.3 is 31.5 Å². The van der Waals surface area contributed by atoms with Gasteiger partial charge >= 0.3 is 0 Å². The monoisotopic (exact) mass is 646 g/mol. The van der Waals surface area contributed by atoms with Crippen LogP contribution in [0.4, 0.5) is 5.69 Å². The van der Waals surface area contributed by atoms with E-state index in [-0.39, 0.29) is 42.5 Å². The summed E-state index contributed by atoms with van der Waals surface area (Å²) >= 11 is 0. The molecule has 2 aromatic carbocycles. The molecule has 4 rings (SSSR count). The van der Waals surface area contributed by atoms with E-state index in [0.717, 1.165) is 16.8 Å². The van der Waals surface area contributed by atoms with Crippen LogP contribution in [0.1, 0.15) is 64.5 Å². The second-order valence-electron chi connectivity index (χ2n) is 13.1. The van der Waals surface area contributed by atoms with Crippen molar-refractivity contribution >= 4 is 35.2 Å². The van der Waals surface area contributed by atoms with Gasteiger partial charge in [-0.2, -0.15) is 0 Å². The van der Waals surface area contributed by atoms with Crippen molar-refractivity contribution in [3.8, 4) is 0 Å². The summed E-state index contributed by atoms with van der Waals surface area (Å²) < 4.78 is 0. The SMILES string of the molecule is CC[C@H](C)[C@@H]1NC(=O)CNc2ccccc2CCNC(=O)[C@@H]2CCCN2C(=O)[C@@H](Cc2ccccc2)NC(=O)[C@@H](CC(C)C)NC1=O. The van der Waals surface area contributed by atoms with Crippen LogP contribution in [0, 0.1) is 11.8 Å². The highest BCUT2D eigenvalue weighted by molar-refractivity contribution is 5.96. The molecule has 47 heavy (non-hydrogen) atoms. The highest BCUT2D eigenvalue weighted by atomic mass is 16.2. The van der Waals surface area contributed by atoms with Gasteiger partial charge in [0.25, 0.3) is 0 Å². The average molecular weight is 647 g/mol. The second-order valence-corrected chi connectivity index (χ2v) is 13.1. The van der Waals surface area contributed by atoms with E-state index in [1.54, 1.807) is 4.90 Å². The van der Waals surface area contributed by atoms with Gasteiger partial charge in [-0.3, -0.25) is 24.0 Å². The van der Waals surface area contributed by atoms with Crippen LogP contribution in [0.3, 0.4) is 0 Å². The molecule has 2 aliphatic rings. The molecule has 5 atom stereocenters. The third-order valence-corrected chi connectivity index (χ3v) is 9.04. The summed E-state index contributed by atoms with van der Waals surface area (Å²) in [5.41, 5.74) is 2.54. The molecule has 11 nitrogen and oxygen atoms in total. The van der Waals surface area contributed by atoms with E-state index in [0.29, 0.717) is 45.2 Å². The Hall–Kier alpha value is -4.41. The van der Waals surface area contributed by atoms with Crippen molar-refractivity contribution in [3.05, 3.63) is 65.7 Å². The second kappa shape index (κ2) is 16.9. The summed E-state index contributed by atoms with van der Waals surface area (Å²) in [5, 5.41) is 14.9. The molecule has 0 saturated carbocycles. The minimum absolute atomic E-state index is 0.0486. The summed E-state index contributed by atoms with van der Waals surface area (Å²) in [7, 11) is 0. The minimum atomic E-state index is -0.946. The minimum Gasteiger partial charge on any atom is -0.376 e. The Bertz CT molecular complexity index is 1400. The topological polar surface area (TPSA) is 149 Å². The first-order valence-electron chi connectivity index (χ1n) is 16.9. The molecule has 0 radical (unpaired) electrons. The number of anilines is 1. The number of carbonyl (C=O) groups is 5. The molecule has 5 N–H and O–H groups in total. The Kier molecular flexibility index (Phi) is 12.8. The van der Waals surface area contributed by atoms with E-state index in [1.807, 2.05) is 82.3 Å². The zero-order valence-electron chi connectivity index (χ0n) is 28.0. The summed E-state index contributed by atoms with van der Waals surface area (Å²) in [6.45, 7) is 8.44. The molecular weight excluding hydrogens is 596 g/mol. The van der Waals surface area contributed by atoms with Gasteiger partial charge in [0.15, 0.2) is 0 Å². The standard InChI is InChI=1S/C36H50N6O5/c1-5-24(4)32-35(46)39-28(20-23(2)3)33(44)40-29(21-25-12-7-6-8-13-25)36(47)42-19-11-16-30(42)34(45)37-18-17-26-14-9-10-15-27(26)38-22-31(43)41-32/h6-10,12-15,23-24,28-30,32,38H,5,11,16-22H2,1-4H3,(H,37,45)(H,39,46)(H,40,44)(H,41,43)/t24-,28+,29+,30-,32-/m0/s1. The highest BCUT2D eigenvalue weighted by Gasteiger charge is 2.39. The normalized spacial score (nSPS) is 24.2. The summed E-state index contributed by atoms with van der Waals surface area (Å²) in [4.78, 5) is 70.0. The van der Waals surface area contributed by atoms with E-state index in [2.05, 4.69) is 26.6 Å². The maximum absolute atomic E-state index is 14.2. The van der Waals surface area contributed by atoms with Gasteiger partial charge in [0.1, 0.15) is 24.2 Å². The van der Waals surface area contributed by atoms with Crippen LogP contribution in [0.2, 0.25) is 0 Å². The third-order valence-electron chi connectivity index (χ3n) is 9.04. The molecule has 5 amide bonds. The van der Waals surface area contributed by atoms with Gasteiger partial charge in [0, 0.05) is 25.2 Å². The lowest BCUT2D eigenvalue weighted by atomic mass is 9.96. The quantitative estimate of drug-likeness (QED) is 0.326. The number of hydrogen-bond acceptors (Lipinski definition) is 6. The fourth-order valence-electron chi connectivity index (χ4n) is 6.24. The first-order valence-corrected chi connectivity index (χ1v) is 16.9. The van der Waals surface area contributed by atoms with E-state index in [4.69, 9.17) is 0 Å². The van der Waals surface area contributed by atoms with Gasteiger partial charge in [-0.15, -0.1) is 0 Å². The molecule has 0 unspecified atom stereocenters. The van der Waals surface area contributed by atoms with E-state index in [1.165, 1.54) is 0 Å². The summed E-state index contributed by atoms with van der Waals surface area (Å²) in [6.07, 6.45) is 2.91. The largest absolute Gasteiger partial charge is 0.376 e. The molecule has 0 aromatic heterocycles. The first-order chi connectivity index (χ1) is 22.6. The fourth-order valence-corrected chi connectivity index (χ4v) is 6.24. The Morgan fingerprint density at radius 3 is 2.23 bits per heavy atom. The number of nitrogens with one attached hydrogen (secondary N) is 5. The molecule has 1 fully saturated rings. The van der Waals surface area contributed by atoms with Crippen molar-refractivity contribution in [2.45, 2.75) is 90.4 Å². The van der Waals surface area contributed by atoms with Crippen molar-refractivity contribution < 1.29 is 24.0 Å². The molecule has 254 valence electrons. The van der Waals surface area contributed by atoms with Crippen molar-refractivity contribution in [2.75, 3.05) is 25.0 Å². The summed E-state index contributed by atoms with van der Waals surface area (Å²) in [5.74, 6) is -2.01. The van der Waals surface area contributed by atoms with E-state index >= 15 is 0 Å². The van der Waals surface area contributed by atoms with Crippen LogP contribution in [0.25, 0.3) is 0 Å². The third kappa shape index (κ3) is 9.79. The Morgan fingerprint density at radius 2 is 1.51 bits per heavy atom. The Labute approximate surface area is 278 Å². The van der Waals surface area contributed by atoms with Crippen LogP contribution >= 0.6 is 0 Å². The van der Waals surface area contributed by atoms with Crippen molar-refractivity contribution in [2.24, 2.45) is 11.8 Å². The smallest absolute Gasteiger partial charge is 0.246 e. The van der Waals surface area contributed by atoms with Crippen molar-refractivity contribution in [1.82, 2.24) is 26.2 Å². The maximum atomic E-state index is 14.2. The van der Waals surface area contributed by atoms with Crippen LogP contribution in [-0.2, 0) is 36.8 Å². The van der Waals surface area contributed by atoms with Crippen LogP contribution < -0.4 is 26.6 Å². The number of para-hydroxylation sites is 1. The van der Waals surface area contributed by atoms with Crippen LogP contribution in [0.15, 0.2) is 54.6 Å². The first kappa shape index (κ1) is 35.4. The van der Waals surface area contributed by atoms with Crippen LogP contribution in [0.5, 0.6) is 0 Å². The Balaban J connectivity index is 1.68. The molecule has 2 aliphatic heterocycles. The molecule has 0 spiro atoms. The highest BCUT2D eigenvalue weighted by Crippen LogP contribution is 2.21. The number of amides is 5. The number of fused-ring (bicyclic) bond motifs is 2. The predicted octanol–water partition coefficient (Wildman–Crippen LogP) is 2.55. The molecule has 11 heteroatoms. The van der Waals surface area contributed by atoms with Crippen LogP contribution in [-0.4, -0.2) is 78.2 Å². The lowest BCUT2D eigenvalue weighted by Gasteiger charge is -2.31. The number of carbonyl (C=O) groups excluding carboxylic acids is 5. The number of nitrogens with zero attached hydrogens (tertiary/aromatic N) is 1. The summed E-state index contributed by atoms with van der Waals surface area (Å²) in [6, 6.07) is 13.6. The molecule has 2 heterocycles. The van der Waals surface area contributed by atoms with Crippen molar-refractivity contribution in [3.63, 3.8) is 0 Å². The number of benzene rings is 2. The number of rotatable bonds is 6. The molecular formula is C36H50N6O5. The van der Waals surface area contributed by atoms with E-state index in [9.17, 15) is 24.0 Å². The lowest BCUT2D eigenvalue weighted by Crippen LogP contribution is -2.59. The van der Waals surface area contributed by atoms with Gasteiger partial charge in [-0.1, -0.05) is 82.6 Å². The van der Waals surface area contributed by atoms with Gasteiger partial charge in [0.05, 0.1) is 6.54 Å². The predicted molar refractivity (Wildman–Crippen MR) is 181 cm³/mol. The molecule has 2 aromatic rings. The Morgan fingerprint density at radius 1 is 0.809 bits per heavy atom. The maximum Gasteiger partial charge on any atom is 0.246 e. The molecule has 0 aliphatic carbocycles. The fraction of sp³-hybridized carbons (Fsp3) is 0.528. The number of hydrogen-bond donors (Lipinski definition) is 5. The van der Waals surface area contributed by atoms with E-state index < -0.39 is 36.0 Å². The molecule has 0 bridgehead atoms.